The van der Waals surface area contributed by atoms with Crippen LogP contribution >= 0.6 is 0 Å². The lowest BCUT2D eigenvalue weighted by molar-refractivity contribution is 0.475. The molecular formula is C14H14FNO. The molecule has 0 aromatic heterocycles. The Bertz CT molecular complexity index is 520. The molecule has 17 heavy (non-hydrogen) atoms. The smallest absolute Gasteiger partial charge is 0.124 e. The molecule has 88 valence electrons. The Balaban J connectivity index is 2.43. The van der Waals surface area contributed by atoms with Gasteiger partial charge in [0.05, 0.1) is 0 Å². The first-order valence-electron chi connectivity index (χ1n) is 5.34. The van der Waals surface area contributed by atoms with Crippen molar-refractivity contribution in [3.63, 3.8) is 0 Å². The molecule has 0 aliphatic carbocycles. The number of aromatic hydroxyl groups is 1. The fourth-order valence-corrected chi connectivity index (χ4v) is 1.68. The molecule has 0 saturated carbocycles. The third kappa shape index (κ3) is 2.38. The molecule has 0 aliphatic heterocycles. The van der Waals surface area contributed by atoms with Gasteiger partial charge in [-0.25, -0.2) is 4.39 Å². The minimum Gasteiger partial charge on any atom is -0.507 e. The molecule has 0 aliphatic rings. The van der Waals surface area contributed by atoms with Crippen LogP contribution in [-0.4, -0.2) is 19.2 Å². The molecule has 0 heterocycles. The van der Waals surface area contributed by atoms with Gasteiger partial charge >= 0.3 is 0 Å². The fourth-order valence-electron chi connectivity index (χ4n) is 1.68. The molecule has 0 saturated heterocycles. The number of phenolic OH excluding ortho intramolecular Hbond substituents is 1. The molecule has 0 spiro atoms. The maximum absolute atomic E-state index is 13.1. The highest BCUT2D eigenvalue weighted by molar-refractivity contribution is 5.71. The van der Waals surface area contributed by atoms with Crippen LogP contribution in [0.2, 0.25) is 0 Å². The zero-order valence-corrected chi connectivity index (χ0v) is 9.81. The summed E-state index contributed by atoms with van der Waals surface area (Å²) in [6.45, 7) is 0. The molecule has 0 radical (unpaired) electrons. The second kappa shape index (κ2) is 4.45. The van der Waals surface area contributed by atoms with Crippen LogP contribution in [0.5, 0.6) is 5.75 Å². The van der Waals surface area contributed by atoms with Gasteiger partial charge in [0.25, 0.3) is 0 Å². The molecule has 0 bridgehead atoms. The second-order valence-electron chi connectivity index (χ2n) is 4.10. The van der Waals surface area contributed by atoms with Gasteiger partial charge in [-0.1, -0.05) is 12.1 Å². The van der Waals surface area contributed by atoms with E-state index in [4.69, 9.17) is 0 Å². The third-order valence-electron chi connectivity index (χ3n) is 2.65. The van der Waals surface area contributed by atoms with Crippen LogP contribution in [0, 0.1) is 5.82 Å². The van der Waals surface area contributed by atoms with Gasteiger partial charge in [0, 0.05) is 25.3 Å². The zero-order valence-electron chi connectivity index (χ0n) is 9.81. The number of phenols is 1. The van der Waals surface area contributed by atoms with E-state index in [9.17, 15) is 9.50 Å². The van der Waals surface area contributed by atoms with Crippen LogP contribution in [0.1, 0.15) is 0 Å². The van der Waals surface area contributed by atoms with Crippen LogP contribution in [0.4, 0.5) is 10.1 Å². The lowest BCUT2D eigenvalue weighted by Gasteiger charge is -2.13. The first-order chi connectivity index (χ1) is 8.08. The fraction of sp³-hybridized carbons (Fsp3) is 0.143. The minimum absolute atomic E-state index is 0.0870. The summed E-state index contributed by atoms with van der Waals surface area (Å²) in [6, 6.07) is 11.5. The van der Waals surface area contributed by atoms with Crippen molar-refractivity contribution in [1.29, 1.82) is 0 Å². The number of benzene rings is 2. The first kappa shape index (κ1) is 11.5. The average molecular weight is 231 g/mol. The van der Waals surface area contributed by atoms with Gasteiger partial charge in [0.1, 0.15) is 11.6 Å². The minimum atomic E-state index is -0.352. The first-order valence-corrected chi connectivity index (χ1v) is 5.34. The van der Waals surface area contributed by atoms with Gasteiger partial charge in [-0.3, -0.25) is 0 Å². The number of hydrogen-bond donors (Lipinski definition) is 1. The second-order valence-corrected chi connectivity index (χ2v) is 4.10. The van der Waals surface area contributed by atoms with Crippen molar-refractivity contribution < 1.29 is 9.50 Å². The summed E-state index contributed by atoms with van der Waals surface area (Å²) in [6.07, 6.45) is 0. The van der Waals surface area contributed by atoms with E-state index in [0.717, 1.165) is 11.3 Å². The van der Waals surface area contributed by atoms with E-state index >= 15 is 0 Å². The van der Waals surface area contributed by atoms with Gasteiger partial charge in [0.2, 0.25) is 0 Å². The Morgan fingerprint density at radius 2 is 1.65 bits per heavy atom. The van der Waals surface area contributed by atoms with Crippen LogP contribution < -0.4 is 4.90 Å². The molecule has 0 atom stereocenters. The van der Waals surface area contributed by atoms with E-state index < -0.39 is 0 Å². The maximum Gasteiger partial charge on any atom is 0.124 e. The highest BCUT2D eigenvalue weighted by atomic mass is 19.1. The summed E-state index contributed by atoms with van der Waals surface area (Å²) < 4.78 is 13.1. The normalized spacial score (nSPS) is 10.3. The van der Waals surface area contributed by atoms with Crippen molar-refractivity contribution >= 4 is 5.69 Å². The van der Waals surface area contributed by atoms with E-state index in [0.29, 0.717) is 5.56 Å². The van der Waals surface area contributed by atoms with Crippen LogP contribution in [0.15, 0.2) is 42.5 Å². The van der Waals surface area contributed by atoms with Crippen molar-refractivity contribution in [2.24, 2.45) is 0 Å². The van der Waals surface area contributed by atoms with Crippen molar-refractivity contribution in [3.05, 3.63) is 48.3 Å². The molecule has 0 unspecified atom stereocenters. The predicted molar refractivity (Wildman–Crippen MR) is 67.8 cm³/mol. The lowest BCUT2D eigenvalue weighted by Crippen LogP contribution is -2.07. The molecule has 1 N–H and O–H groups in total. The van der Waals surface area contributed by atoms with Gasteiger partial charge in [-0.05, 0) is 35.9 Å². The summed E-state index contributed by atoms with van der Waals surface area (Å²) in [5.41, 5.74) is 2.37. The highest BCUT2D eigenvalue weighted by Gasteiger charge is 2.06. The standard InChI is InChI=1S/C14H14FNO/c1-16(2)12-6-3-10(4-7-12)13-9-11(15)5-8-14(13)17/h3-9,17H,1-2H3. The summed E-state index contributed by atoms with van der Waals surface area (Å²) >= 11 is 0. The summed E-state index contributed by atoms with van der Waals surface area (Å²) in [5.74, 6) is -0.265. The van der Waals surface area contributed by atoms with Crippen LogP contribution in [0.25, 0.3) is 11.1 Å². The highest BCUT2D eigenvalue weighted by Crippen LogP contribution is 2.30. The van der Waals surface area contributed by atoms with Gasteiger partial charge < -0.3 is 10.0 Å². The lowest BCUT2D eigenvalue weighted by atomic mass is 10.0. The summed E-state index contributed by atoms with van der Waals surface area (Å²) in [4.78, 5) is 1.98. The molecule has 3 heteroatoms. The summed E-state index contributed by atoms with van der Waals surface area (Å²) in [7, 11) is 3.91. The van der Waals surface area contributed by atoms with Crippen molar-refractivity contribution in [2.75, 3.05) is 19.0 Å². The zero-order chi connectivity index (χ0) is 12.4. The van der Waals surface area contributed by atoms with E-state index in [1.54, 1.807) is 0 Å². The number of halogens is 1. The van der Waals surface area contributed by atoms with E-state index in [2.05, 4.69) is 0 Å². The van der Waals surface area contributed by atoms with Crippen molar-refractivity contribution in [2.45, 2.75) is 0 Å². The number of nitrogens with zero attached hydrogens (tertiary/aromatic N) is 1. The Morgan fingerprint density at radius 1 is 1.00 bits per heavy atom. The van der Waals surface area contributed by atoms with Crippen LogP contribution in [0.3, 0.4) is 0 Å². The Kier molecular flexibility index (Phi) is 3.00. The topological polar surface area (TPSA) is 23.5 Å². The average Bonchev–Trinajstić information content (AvgIpc) is 2.32. The van der Waals surface area contributed by atoms with E-state index in [-0.39, 0.29) is 11.6 Å². The largest absolute Gasteiger partial charge is 0.507 e. The molecule has 2 aromatic rings. The quantitative estimate of drug-likeness (QED) is 0.857. The Hall–Kier alpha value is -2.03. The molecule has 2 aromatic carbocycles. The number of rotatable bonds is 2. The SMILES string of the molecule is CN(C)c1ccc(-c2cc(F)ccc2O)cc1. The maximum atomic E-state index is 13.1. The monoisotopic (exact) mass is 231 g/mol. The Morgan fingerprint density at radius 3 is 2.24 bits per heavy atom. The van der Waals surface area contributed by atoms with Crippen molar-refractivity contribution in [1.82, 2.24) is 0 Å². The third-order valence-corrected chi connectivity index (χ3v) is 2.65. The predicted octanol–water partition coefficient (Wildman–Crippen LogP) is 3.26. The summed E-state index contributed by atoms with van der Waals surface area (Å²) in [5, 5.41) is 9.69. The van der Waals surface area contributed by atoms with Gasteiger partial charge in [-0.15, -0.1) is 0 Å². The van der Waals surface area contributed by atoms with Gasteiger partial charge in [-0.2, -0.15) is 0 Å². The number of hydrogen-bond acceptors (Lipinski definition) is 2. The van der Waals surface area contributed by atoms with E-state index in [1.807, 2.05) is 43.3 Å². The van der Waals surface area contributed by atoms with Gasteiger partial charge in [0.15, 0.2) is 0 Å². The van der Waals surface area contributed by atoms with E-state index in [1.165, 1.54) is 18.2 Å². The molecule has 2 rings (SSSR count). The molecule has 2 nitrogen and oxygen atoms in total. The number of anilines is 1. The van der Waals surface area contributed by atoms with Crippen molar-refractivity contribution in [3.8, 4) is 16.9 Å². The Labute approximate surface area is 99.9 Å². The molecule has 0 fully saturated rings. The van der Waals surface area contributed by atoms with Crippen LogP contribution in [-0.2, 0) is 0 Å². The molecule has 0 amide bonds. The molecular weight excluding hydrogens is 217 g/mol.